The van der Waals surface area contributed by atoms with Gasteiger partial charge in [0.05, 0.1) is 30.5 Å². The van der Waals surface area contributed by atoms with Crippen molar-refractivity contribution in [3.63, 3.8) is 0 Å². The molecule has 0 unspecified atom stereocenters. The van der Waals surface area contributed by atoms with Crippen LogP contribution in [0.1, 0.15) is 91.9 Å². The molecule has 0 aliphatic rings. The van der Waals surface area contributed by atoms with Crippen LogP contribution in [0.2, 0.25) is 0 Å². The van der Waals surface area contributed by atoms with Crippen molar-refractivity contribution in [2.45, 2.75) is 128 Å². The van der Waals surface area contributed by atoms with Crippen molar-refractivity contribution >= 4 is 0 Å². The maximum Gasteiger partial charge on any atom is 0.0824 e. The third kappa shape index (κ3) is 13.1. The highest BCUT2D eigenvalue weighted by Gasteiger charge is 2.25. The molecule has 0 heterocycles. The quantitative estimate of drug-likeness (QED) is 0.206. The summed E-state index contributed by atoms with van der Waals surface area (Å²) in [4.78, 5) is 0. The Bertz CT molecular complexity index is 369. The van der Waals surface area contributed by atoms with Gasteiger partial charge in [-0.3, -0.25) is 0 Å². The van der Waals surface area contributed by atoms with Crippen LogP contribution in [0, 0.1) is 11.8 Å². The van der Waals surface area contributed by atoms with Crippen LogP contribution >= 0.6 is 0 Å². The van der Waals surface area contributed by atoms with Crippen molar-refractivity contribution in [1.29, 1.82) is 0 Å². The van der Waals surface area contributed by atoms with Gasteiger partial charge in [0.15, 0.2) is 0 Å². The van der Waals surface area contributed by atoms with Gasteiger partial charge in [0.1, 0.15) is 0 Å². The smallest absolute Gasteiger partial charge is 0.0824 e. The van der Waals surface area contributed by atoms with E-state index < -0.39 is 30.5 Å². The lowest BCUT2D eigenvalue weighted by molar-refractivity contribution is -0.0288. The van der Waals surface area contributed by atoms with Gasteiger partial charge < -0.3 is 31.3 Å². The number of rotatable bonds is 17. The lowest BCUT2D eigenvalue weighted by Gasteiger charge is -2.26. The molecule has 0 fully saturated rings. The molecule has 7 N–H and O–H groups in total. The van der Waals surface area contributed by atoms with Crippen LogP contribution in [0.5, 0.6) is 0 Å². The van der Waals surface area contributed by atoms with E-state index in [0.29, 0.717) is 25.7 Å². The molecule has 0 saturated carbocycles. The number of hydrogen-bond donors (Lipinski definition) is 6. The zero-order chi connectivity index (χ0) is 21.7. The minimum absolute atomic E-state index is 0.0827. The Kier molecular flexibility index (Phi) is 15.4. The Morgan fingerprint density at radius 3 is 1.71 bits per heavy atom. The number of unbranched alkanes of at least 4 members (excludes halogenated alkanes) is 2. The summed E-state index contributed by atoms with van der Waals surface area (Å²) in [5.41, 5.74) is 5.59. The molecule has 170 valence electrons. The normalized spacial score (nSPS) is 20.8. The van der Waals surface area contributed by atoms with Gasteiger partial charge in [-0.1, -0.05) is 46.5 Å². The Labute approximate surface area is 172 Å². The highest BCUT2D eigenvalue weighted by Crippen LogP contribution is 2.22. The molecule has 0 aliphatic heterocycles. The summed E-state index contributed by atoms with van der Waals surface area (Å²) >= 11 is 0. The molecule has 0 radical (unpaired) electrons. The molecule has 0 rings (SSSR count). The maximum atomic E-state index is 10.3. The summed E-state index contributed by atoms with van der Waals surface area (Å²) in [5, 5.41) is 50.3. The van der Waals surface area contributed by atoms with Gasteiger partial charge in [0, 0.05) is 12.5 Å². The van der Waals surface area contributed by atoms with E-state index in [-0.39, 0.29) is 24.3 Å². The van der Waals surface area contributed by atoms with Crippen LogP contribution in [0.25, 0.3) is 0 Å². The molecule has 8 atom stereocenters. The molecule has 6 heteroatoms. The highest BCUT2D eigenvalue weighted by atomic mass is 16.3. The van der Waals surface area contributed by atoms with Crippen molar-refractivity contribution in [3.05, 3.63) is 0 Å². The number of aliphatic hydroxyl groups excluding tert-OH is 5. The first kappa shape index (κ1) is 27.8. The van der Waals surface area contributed by atoms with E-state index in [9.17, 15) is 25.5 Å². The largest absolute Gasteiger partial charge is 0.393 e. The molecule has 0 spiro atoms. The van der Waals surface area contributed by atoms with Crippen molar-refractivity contribution in [3.8, 4) is 0 Å². The Hall–Kier alpha value is -0.240. The minimum atomic E-state index is -0.749. The first-order chi connectivity index (χ1) is 13.1. The van der Waals surface area contributed by atoms with Crippen LogP contribution in [0.4, 0.5) is 0 Å². The van der Waals surface area contributed by atoms with Gasteiger partial charge in [0.2, 0.25) is 0 Å². The van der Waals surface area contributed by atoms with Gasteiger partial charge in [-0.2, -0.15) is 0 Å². The Balaban J connectivity index is 3.98. The van der Waals surface area contributed by atoms with E-state index in [2.05, 4.69) is 6.92 Å². The Morgan fingerprint density at radius 2 is 1.21 bits per heavy atom. The molecule has 0 aromatic rings. The van der Waals surface area contributed by atoms with E-state index in [0.717, 1.165) is 32.1 Å². The summed E-state index contributed by atoms with van der Waals surface area (Å²) in [5.74, 6) is 0.212. The van der Waals surface area contributed by atoms with Crippen molar-refractivity contribution in [1.82, 2.24) is 0 Å². The predicted octanol–water partition coefficient (Wildman–Crippen LogP) is 2.33. The maximum absolute atomic E-state index is 10.3. The van der Waals surface area contributed by atoms with Crippen LogP contribution in [-0.4, -0.2) is 62.1 Å². The van der Waals surface area contributed by atoms with Crippen LogP contribution in [-0.2, 0) is 0 Å². The first-order valence-corrected chi connectivity index (χ1v) is 11.2. The standard InChI is InChI=1S/C22H47NO5/c1-5-6-9-16(3)22(28)21(27)13-15(2)12-18(24)10-7-8-11-19(25)14-20(26)17(4)23/h15-22,24-28H,5-14,23H2,1-4H3/t15-,16-,17+,18-,19-,20+,21+,22-/m1/s1. The van der Waals surface area contributed by atoms with E-state index in [1.807, 2.05) is 13.8 Å². The summed E-state index contributed by atoms with van der Waals surface area (Å²) in [6.45, 7) is 7.81. The summed E-state index contributed by atoms with van der Waals surface area (Å²) in [7, 11) is 0. The van der Waals surface area contributed by atoms with Gasteiger partial charge in [-0.25, -0.2) is 0 Å². The third-order valence-electron chi connectivity index (χ3n) is 5.75. The number of nitrogens with two attached hydrogens (primary N) is 1. The van der Waals surface area contributed by atoms with Gasteiger partial charge in [-0.15, -0.1) is 0 Å². The van der Waals surface area contributed by atoms with Crippen molar-refractivity contribution < 1.29 is 25.5 Å². The third-order valence-corrected chi connectivity index (χ3v) is 5.75. The van der Waals surface area contributed by atoms with Crippen molar-refractivity contribution in [2.75, 3.05) is 0 Å². The molecule has 0 saturated heterocycles. The topological polar surface area (TPSA) is 127 Å². The fourth-order valence-corrected chi connectivity index (χ4v) is 3.68. The molecular formula is C22H47NO5. The summed E-state index contributed by atoms with van der Waals surface area (Å²) in [6, 6.07) is -0.346. The van der Waals surface area contributed by atoms with E-state index in [1.54, 1.807) is 6.92 Å². The predicted molar refractivity (Wildman–Crippen MR) is 114 cm³/mol. The van der Waals surface area contributed by atoms with E-state index in [4.69, 9.17) is 5.73 Å². The molecule has 28 heavy (non-hydrogen) atoms. The molecule has 0 amide bonds. The van der Waals surface area contributed by atoms with Crippen LogP contribution in [0.15, 0.2) is 0 Å². The average molecular weight is 406 g/mol. The fraction of sp³-hybridized carbons (Fsp3) is 1.00. The number of aliphatic hydroxyl groups is 5. The SMILES string of the molecule is CCCC[C@@H](C)[C@@H](O)[C@@H](O)C[C@H](C)C[C@H](O)CCCC[C@@H](O)C[C@H](O)[C@H](C)N. The average Bonchev–Trinajstić information content (AvgIpc) is 2.62. The lowest BCUT2D eigenvalue weighted by atomic mass is 9.88. The van der Waals surface area contributed by atoms with Gasteiger partial charge >= 0.3 is 0 Å². The van der Waals surface area contributed by atoms with Crippen LogP contribution < -0.4 is 5.73 Å². The van der Waals surface area contributed by atoms with Crippen LogP contribution in [0.3, 0.4) is 0 Å². The molecular weight excluding hydrogens is 358 g/mol. The summed E-state index contributed by atoms with van der Waals surface area (Å²) in [6.07, 6.45) is 4.10. The second-order valence-corrected chi connectivity index (χ2v) is 9.01. The first-order valence-electron chi connectivity index (χ1n) is 11.2. The molecule has 0 bridgehead atoms. The monoisotopic (exact) mass is 405 g/mol. The van der Waals surface area contributed by atoms with Gasteiger partial charge in [-0.05, 0) is 50.9 Å². The Morgan fingerprint density at radius 1 is 0.679 bits per heavy atom. The zero-order valence-electron chi connectivity index (χ0n) is 18.5. The molecule has 0 aliphatic carbocycles. The van der Waals surface area contributed by atoms with Crippen molar-refractivity contribution in [2.24, 2.45) is 17.6 Å². The molecule has 0 aromatic heterocycles. The minimum Gasteiger partial charge on any atom is -0.393 e. The van der Waals surface area contributed by atoms with Gasteiger partial charge in [0.25, 0.3) is 0 Å². The number of hydrogen-bond acceptors (Lipinski definition) is 6. The lowest BCUT2D eigenvalue weighted by Crippen LogP contribution is -2.34. The molecule has 6 nitrogen and oxygen atoms in total. The van der Waals surface area contributed by atoms with E-state index in [1.165, 1.54) is 0 Å². The second-order valence-electron chi connectivity index (χ2n) is 9.01. The van der Waals surface area contributed by atoms with E-state index >= 15 is 0 Å². The summed E-state index contributed by atoms with van der Waals surface area (Å²) < 4.78 is 0. The fourth-order valence-electron chi connectivity index (χ4n) is 3.68. The molecule has 0 aromatic carbocycles. The zero-order valence-corrected chi connectivity index (χ0v) is 18.5. The highest BCUT2D eigenvalue weighted by molar-refractivity contribution is 4.76. The second kappa shape index (κ2) is 15.6.